The van der Waals surface area contributed by atoms with Gasteiger partial charge < -0.3 is 0 Å². The number of hydrogen-bond acceptors (Lipinski definition) is 0. The lowest BCUT2D eigenvalue weighted by Crippen LogP contribution is -2.36. The monoisotopic (exact) mass is 257 g/mol. The Morgan fingerprint density at radius 1 is 1.10 bits per heavy atom. The second-order valence-electron chi connectivity index (χ2n) is 4.79. The number of aromatic nitrogens is 2. The molecule has 0 radical (unpaired) electrons. The van der Waals surface area contributed by atoms with Crippen LogP contribution in [0.15, 0.2) is 42.6 Å². The quantitative estimate of drug-likeness (QED) is 0.339. The molecule has 2 aromatic carbocycles. The fourth-order valence-electron chi connectivity index (χ4n) is 2.85. The molecule has 0 aliphatic carbocycles. The maximum atomic E-state index is 7.38. The normalized spacial score (nSPS) is 11.7. The molecule has 20 heavy (non-hydrogen) atoms. The molecule has 4 rings (SSSR count). The second kappa shape index (κ2) is 3.69. The van der Waals surface area contributed by atoms with Gasteiger partial charge in [-0.15, -0.1) is 9.36 Å². The molecule has 1 aliphatic rings. The van der Waals surface area contributed by atoms with Gasteiger partial charge in [0.1, 0.15) is 11.2 Å². The van der Waals surface area contributed by atoms with Crippen molar-refractivity contribution in [3.8, 4) is 5.69 Å². The Labute approximate surface area is 115 Å². The SMILES string of the molecule is [C-]#[N+]c1cc([N+]#[C-])c2c(c1)c[n+]1n2-c2ccccc2C1. The third kappa shape index (κ3) is 1.25. The summed E-state index contributed by atoms with van der Waals surface area (Å²) in [7, 11) is 0. The number of rotatable bonds is 0. The van der Waals surface area contributed by atoms with Crippen LogP contribution in [-0.4, -0.2) is 4.68 Å². The molecule has 0 spiro atoms. The van der Waals surface area contributed by atoms with Crippen LogP contribution in [-0.2, 0) is 6.54 Å². The van der Waals surface area contributed by atoms with Gasteiger partial charge in [-0.3, -0.25) is 0 Å². The average molecular weight is 257 g/mol. The van der Waals surface area contributed by atoms with Gasteiger partial charge in [0.2, 0.25) is 11.9 Å². The molecule has 0 amide bonds. The Morgan fingerprint density at radius 2 is 1.95 bits per heavy atom. The summed E-state index contributed by atoms with van der Waals surface area (Å²) in [5.74, 6) is 0. The summed E-state index contributed by atoms with van der Waals surface area (Å²) in [5.41, 5.74) is 4.30. The van der Waals surface area contributed by atoms with Crippen LogP contribution in [0.25, 0.3) is 26.3 Å². The molecule has 0 N–H and O–H groups in total. The molecule has 0 unspecified atom stereocenters. The maximum Gasteiger partial charge on any atom is 0.207 e. The number of benzene rings is 2. The first kappa shape index (κ1) is 10.8. The van der Waals surface area contributed by atoms with Gasteiger partial charge in [0.05, 0.1) is 13.1 Å². The fourth-order valence-corrected chi connectivity index (χ4v) is 2.85. The van der Waals surface area contributed by atoms with Crippen molar-refractivity contribution >= 4 is 22.3 Å². The van der Waals surface area contributed by atoms with E-state index in [4.69, 9.17) is 13.1 Å². The van der Waals surface area contributed by atoms with E-state index >= 15 is 0 Å². The van der Waals surface area contributed by atoms with Crippen molar-refractivity contribution in [1.29, 1.82) is 0 Å². The number of nitrogens with zero attached hydrogens (tertiary/aromatic N) is 4. The molecule has 0 atom stereocenters. The summed E-state index contributed by atoms with van der Waals surface area (Å²) in [6, 6.07) is 11.7. The molecule has 92 valence electrons. The minimum Gasteiger partial charge on any atom is -0.239 e. The predicted molar refractivity (Wildman–Crippen MR) is 75.1 cm³/mol. The van der Waals surface area contributed by atoms with Crippen molar-refractivity contribution in [3.63, 3.8) is 0 Å². The summed E-state index contributed by atoms with van der Waals surface area (Å²) in [6.45, 7) is 15.3. The molecule has 0 bridgehead atoms. The van der Waals surface area contributed by atoms with Crippen molar-refractivity contribution < 1.29 is 4.68 Å². The van der Waals surface area contributed by atoms with Crippen molar-refractivity contribution in [2.45, 2.75) is 6.54 Å². The standard InChI is InChI=1S/C16H9N4/c1-17-13-7-12-10-19-9-11-5-3-4-6-15(11)20(19)16(12)14(8-13)18-2/h3-8,10H,9H2/q+1. The van der Waals surface area contributed by atoms with Crippen LogP contribution in [0.5, 0.6) is 0 Å². The molecule has 1 aromatic heterocycles. The summed E-state index contributed by atoms with van der Waals surface area (Å²) >= 11 is 0. The largest absolute Gasteiger partial charge is 0.239 e. The van der Waals surface area contributed by atoms with Gasteiger partial charge in [-0.25, -0.2) is 9.69 Å². The van der Waals surface area contributed by atoms with Crippen LogP contribution in [0.1, 0.15) is 5.56 Å². The topological polar surface area (TPSA) is 17.5 Å². The van der Waals surface area contributed by atoms with E-state index in [0.717, 1.165) is 23.1 Å². The highest BCUT2D eigenvalue weighted by Crippen LogP contribution is 2.34. The number of hydrogen-bond donors (Lipinski definition) is 0. The van der Waals surface area contributed by atoms with E-state index in [1.807, 2.05) is 24.4 Å². The molecule has 0 saturated heterocycles. The van der Waals surface area contributed by atoms with Crippen LogP contribution in [0.2, 0.25) is 0 Å². The zero-order chi connectivity index (χ0) is 13.7. The van der Waals surface area contributed by atoms with Crippen molar-refractivity contribution in [2.75, 3.05) is 0 Å². The van der Waals surface area contributed by atoms with Crippen LogP contribution in [0, 0.1) is 13.1 Å². The number of fused-ring (bicyclic) bond motifs is 5. The molecule has 4 nitrogen and oxygen atoms in total. The molecule has 4 heteroatoms. The maximum absolute atomic E-state index is 7.38. The van der Waals surface area contributed by atoms with Gasteiger partial charge in [0.15, 0.2) is 12.2 Å². The lowest BCUT2D eigenvalue weighted by molar-refractivity contribution is -0.749. The predicted octanol–water partition coefficient (Wildman–Crippen LogP) is 3.38. The van der Waals surface area contributed by atoms with Gasteiger partial charge >= 0.3 is 0 Å². The summed E-state index contributed by atoms with van der Waals surface area (Å²) in [6.07, 6.45) is 2.01. The Morgan fingerprint density at radius 3 is 2.75 bits per heavy atom. The highest BCUT2D eigenvalue weighted by Gasteiger charge is 2.29. The van der Waals surface area contributed by atoms with Crippen LogP contribution in [0.4, 0.5) is 11.4 Å². The first-order chi connectivity index (χ1) is 9.81. The van der Waals surface area contributed by atoms with E-state index in [1.54, 1.807) is 6.07 Å². The van der Waals surface area contributed by atoms with Crippen molar-refractivity contribution in [3.05, 3.63) is 71.0 Å². The van der Waals surface area contributed by atoms with Crippen LogP contribution >= 0.6 is 0 Å². The highest BCUT2D eigenvalue weighted by molar-refractivity contribution is 5.95. The van der Waals surface area contributed by atoms with Gasteiger partial charge in [0.25, 0.3) is 0 Å². The lowest BCUT2D eigenvalue weighted by Gasteiger charge is -2.00. The molecule has 3 aromatic rings. The van der Waals surface area contributed by atoms with Gasteiger partial charge in [0, 0.05) is 10.9 Å². The molecule has 1 aliphatic heterocycles. The first-order valence-corrected chi connectivity index (χ1v) is 6.24. The Balaban J connectivity index is 2.15. The van der Waals surface area contributed by atoms with E-state index in [2.05, 4.69) is 31.2 Å². The van der Waals surface area contributed by atoms with Crippen molar-refractivity contribution in [1.82, 2.24) is 4.68 Å². The molecular formula is C16H9N4+. The number of para-hydroxylation sites is 1. The van der Waals surface area contributed by atoms with E-state index < -0.39 is 0 Å². The summed E-state index contributed by atoms with van der Waals surface area (Å²) < 4.78 is 4.17. The minimum absolute atomic E-state index is 0.515. The molecule has 0 saturated carbocycles. The Bertz CT molecular complexity index is 951. The first-order valence-electron chi connectivity index (χ1n) is 6.24. The van der Waals surface area contributed by atoms with Gasteiger partial charge in [-0.2, -0.15) is 0 Å². The minimum atomic E-state index is 0.515. The average Bonchev–Trinajstić information content (AvgIpc) is 3.00. The third-order valence-corrected chi connectivity index (χ3v) is 3.66. The van der Waals surface area contributed by atoms with Gasteiger partial charge in [-0.1, -0.05) is 18.2 Å². The molecular weight excluding hydrogens is 248 g/mol. The van der Waals surface area contributed by atoms with E-state index in [0.29, 0.717) is 11.4 Å². The van der Waals surface area contributed by atoms with Crippen molar-refractivity contribution in [2.24, 2.45) is 0 Å². The van der Waals surface area contributed by atoms with E-state index in [1.165, 1.54) is 5.56 Å². The van der Waals surface area contributed by atoms with E-state index in [9.17, 15) is 0 Å². The van der Waals surface area contributed by atoms with Gasteiger partial charge in [-0.05, 0) is 18.2 Å². The third-order valence-electron chi connectivity index (χ3n) is 3.66. The lowest BCUT2D eigenvalue weighted by atomic mass is 10.1. The van der Waals surface area contributed by atoms with Crippen LogP contribution < -0.4 is 4.68 Å². The summed E-state index contributed by atoms with van der Waals surface area (Å²) in [4.78, 5) is 7.05. The zero-order valence-corrected chi connectivity index (χ0v) is 10.5. The van der Waals surface area contributed by atoms with Crippen LogP contribution in [0.3, 0.4) is 0 Å². The Hall–Kier alpha value is -3.11. The second-order valence-corrected chi connectivity index (χ2v) is 4.79. The summed E-state index contributed by atoms with van der Waals surface area (Å²) in [5, 5.41) is 0.944. The molecule has 0 fully saturated rings. The Kier molecular flexibility index (Phi) is 1.99. The molecule has 2 heterocycles. The van der Waals surface area contributed by atoms with E-state index in [-0.39, 0.29) is 0 Å². The zero-order valence-electron chi connectivity index (χ0n) is 10.5. The smallest absolute Gasteiger partial charge is 0.207 e. The fraction of sp³-hybridized carbons (Fsp3) is 0.0625. The highest BCUT2D eigenvalue weighted by atomic mass is 15.4.